The highest BCUT2D eigenvalue weighted by Gasteiger charge is 2.06. The molecule has 2 N–H and O–H groups in total. The van der Waals surface area contributed by atoms with E-state index < -0.39 is 5.97 Å². The van der Waals surface area contributed by atoms with E-state index in [0.29, 0.717) is 11.4 Å². The van der Waals surface area contributed by atoms with Crippen LogP contribution in [0.3, 0.4) is 0 Å². The minimum absolute atomic E-state index is 0.384. The Bertz CT molecular complexity index is 553. The van der Waals surface area contributed by atoms with Crippen LogP contribution in [-0.4, -0.2) is 11.1 Å². The van der Waals surface area contributed by atoms with Gasteiger partial charge in [0, 0.05) is 22.4 Å². The van der Waals surface area contributed by atoms with Crippen LogP contribution in [0.1, 0.15) is 20.1 Å². The van der Waals surface area contributed by atoms with Crippen molar-refractivity contribution in [1.82, 2.24) is 5.32 Å². The Hall–Kier alpha value is -1.17. The second-order valence-electron chi connectivity index (χ2n) is 3.80. The molecule has 0 bridgehead atoms. The van der Waals surface area contributed by atoms with Crippen molar-refractivity contribution in [3.05, 3.63) is 56.2 Å². The molecular weight excluding hydrogens is 314 g/mol. The Labute approximate surface area is 118 Å². The third kappa shape index (κ3) is 3.66. The summed E-state index contributed by atoms with van der Waals surface area (Å²) in [7, 11) is 0. The lowest BCUT2D eigenvalue weighted by Crippen LogP contribution is -2.11. The van der Waals surface area contributed by atoms with Crippen molar-refractivity contribution in [2.75, 3.05) is 0 Å². The summed E-state index contributed by atoms with van der Waals surface area (Å²) in [5, 5.41) is 12.1. The lowest BCUT2D eigenvalue weighted by molar-refractivity contribution is 0.0702. The Morgan fingerprint density at radius 3 is 2.78 bits per heavy atom. The second kappa shape index (κ2) is 6.13. The number of rotatable bonds is 5. The number of thiophene rings is 1. The molecule has 1 aromatic heterocycles. The topological polar surface area (TPSA) is 49.3 Å². The van der Waals surface area contributed by atoms with Gasteiger partial charge in [-0.15, -0.1) is 11.3 Å². The van der Waals surface area contributed by atoms with Gasteiger partial charge in [0.25, 0.3) is 0 Å². The van der Waals surface area contributed by atoms with Crippen molar-refractivity contribution in [1.29, 1.82) is 0 Å². The summed E-state index contributed by atoms with van der Waals surface area (Å²) < 4.78 is 1.06. The zero-order valence-electron chi connectivity index (χ0n) is 9.52. The average Bonchev–Trinajstić information content (AvgIpc) is 2.78. The molecule has 0 saturated carbocycles. The summed E-state index contributed by atoms with van der Waals surface area (Å²) >= 11 is 4.74. The molecule has 0 amide bonds. The molecule has 1 heterocycles. The molecule has 0 unspecified atom stereocenters. The van der Waals surface area contributed by atoms with Gasteiger partial charge in [-0.1, -0.05) is 28.1 Å². The molecule has 0 radical (unpaired) electrons. The van der Waals surface area contributed by atoms with Gasteiger partial charge in [0.05, 0.1) is 0 Å². The summed E-state index contributed by atoms with van der Waals surface area (Å²) in [6, 6.07) is 11.6. The molecule has 0 saturated heterocycles. The number of aromatic carboxylic acids is 1. The van der Waals surface area contributed by atoms with E-state index in [-0.39, 0.29) is 0 Å². The van der Waals surface area contributed by atoms with Gasteiger partial charge in [0.2, 0.25) is 0 Å². The molecule has 5 heteroatoms. The van der Waals surface area contributed by atoms with Crippen LogP contribution in [0.4, 0.5) is 0 Å². The van der Waals surface area contributed by atoms with Crippen LogP contribution in [0.25, 0.3) is 0 Å². The predicted octanol–water partition coefficient (Wildman–Crippen LogP) is 3.50. The fraction of sp³-hybridized carbons (Fsp3) is 0.154. The van der Waals surface area contributed by atoms with E-state index in [1.165, 1.54) is 16.9 Å². The zero-order chi connectivity index (χ0) is 13.0. The molecule has 94 valence electrons. The zero-order valence-corrected chi connectivity index (χ0v) is 11.9. The number of carboxylic acids is 1. The Kier molecular flexibility index (Phi) is 4.52. The lowest BCUT2D eigenvalue weighted by Gasteiger charge is -2.03. The summed E-state index contributed by atoms with van der Waals surface area (Å²) in [5.74, 6) is -0.863. The van der Waals surface area contributed by atoms with Crippen LogP contribution in [0.2, 0.25) is 0 Å². The van der Waals surface area contributed by atoms with Gasteiger partial charge in [-0.05, 0) is 29.8 Å². The van der Waals surface area contributed by atoms with Crippen LogP contribution >= 0.6 is 27.3 Å². The first-order chi connectivity index (χ1) is 8.65. The molecule has 0 aliphatic heterocycles. The number of nitrogens with one attached hydrogen (secondary N) is 1. The second-order valence-corrected chi connectivity index (χ2v) is 5.89. The van der Waals surface area contributed by atoms with E-state index in [0.717, 1.165) is 15.9 Å². The van der Waals surface area contributed by atoms with E-state index in [1.54, 1.807) is 6.07 Å². The van der Waals surface area contributed by atoms with E-state index in [4.69, 9.17) is 5.11 Å². The van der Waals surface area contributed by atoms with E-state index >= 15 is 0 Å². The number of carboxylic acid groups (broad SMARTS) is 1. The van der Waals surface area contributed by atoms with E-state index in [9.17, 15) is 4.79 Å². The molecular formula is C13H12BrNO2S. The summed E-state index contributed by atoms with van der Waals surface area (Å²) in [6.07, 6.45) is 0. The number of hydrogen-bond acceptors (Lipinski definition) is 3. The fourth-order valence-corrected chi connectivity index (χ4v) is 2.83. The van der Waals surface area contributed by atoms with Gasteiger partial charge >= 0.3 is 5.97 Å². The SMILES string of the molecule is O=C(O)c1ccc(CNCc2cccc(Br)c2)s1. The van der Waals surface area contributed by atoms with Gasteiger partial charge in [-0.3, -0.25) is 0 Å². The van der Waals surface area contributed by atoms with Crippen LogP contribution in [0, 0.1) is 0 Å². The highest BCUT2D eigenvalue weighted by molar-refractivity contribution is 9.10. The molecule has 2 aromatic rings. The van der Waals surface area contributed by atoms with Crippen LogP contribution in [-0.2, 0) is 13.1 Å². The van der Waals surface area contributed by atoms with Gasteiger partial charge in [-0.25, -0.2) is 4.79 Å². The third-order valence-corrected chi connectivity index (χ3v) is 3.96. The van der Waals surface area contributed by atoms with E-state index in [1.807, 2.05) is 18.2 Å². The van der Waals surface area contributed by atoms with Gasteiger partial charge in [-0.2, -0.15) is 0 Å². The largest absolute Gasteiger partial charge is 0.477 e. The lowest BCUT2D eigenvalue weighted by atomic mass is 10.2. The van der Waals surface area contributed by atoms with Crippen LogP contribution in [0.5, 0.6) is 0 Å². The molecule has 1 aromatic carbocycles. The Morgan fingerprint density at radius 1 is 1.28 bits per heavy atom. The molecule has 2 rings (SSSR count). The third-order valence-electron chi connectivity index (χ3n) is 2.39. The summed E-state index contributed by atoms with van der Waals surface area (Å²) in [6.45, 7) is 1.45. The van der Waals surface area contributed by atoms with Crippen molar-refractivity contribution in [2.45, 2.75) is 13.1 Å². The first-order valence-corrected chi connectivity index (χ1v) is 7.03. The minimum atomic E-state index is -0.863. The molecule has 0 aliphatic carbocycles. The van der Waals surface area contributed by atoms with E-state index in [2.05, 4.69) is 33.4 Å². The van der Waals surface area contributed by atoms with Crippen molar-refractivity contribution in [2.24, 2.45) is 0 Å². The van der Waals surface area contributed by atoms with Gasteiger partial charge in [0.15, 0.2) is 0 Å². The Balaban J connectivity index is 1.86. The standard InChI is InChI=1S/C13H12BrNO2S/c14-10-3-1-2-9(6-10)7-15-8-11-4-5-12(18-11)13(16)17/h1-6,15H,7-8H2,(H,16,17). The number of hydrogen-bond donors (Lipinski definition) is 2. The number of halogens is 1. The van der Waals surface area contributed by atoms with Crippen LogP contribution < -0.4 is 5.32 Å². The highest BCUT2D eigenvalue weighted by Crippen LogP contribution is 2.16. The highest BCUT2D eigenvalue weighted by atomic mass is 79.9. The maximum atomic E-state index is 10.7. The maximum Gasteiger partial charge on any atom is 0.345 e. The minimum Gasteiger partial charge on any atom is -0.477 e. The molecule has 3 nitrogen and oxygen atoms in total. The number of benzene rings is 1. The maximum absolute atomic E-state index is 10.7. The average molecular weight is 326 g/mol. The first kappa shape index (κ1) is 13.3. The van der Waals surface area contributed by atoms with Crippen molar-refractivity contribution in [3.63, 3.8) is 0 Å². The number of carbonyl (C=O) groups is 1. The quantitative estimate of drug-likeness (QED) is 0.884. The smallest absolute Gasteiger partial charge is 0.345 e. The molecule has 18 heavy (non-hydrogen) atoms. The Morgan fingerprint density at radius 2 is 2.11 bits per heavy atom. The molecule has 0 fully saturated rings. The fourth-order valence-electron chi connectivity index (χ4n) is 1.56. The van der Waals surface area contributed by atoms with Crippen molar-refractivity contribution < 1.29 is 9.90 Å². The van der Waals surface area contributed by atoms with Gasteiger partial charge in [0.1, 0.15) is 4.88 Å². The van der Waals surface area contributed by atoms with Crippen LogP contribution in [0.15, 0.2) is 40.9 Å². The van der Waals surface area contributed by atoms with Crippen molar-refractivity contribution >= 4 is 33.2 Å². The summed E-state index contributed by atoms with van der Waals surface area (Å²) in [5.41, 5.74) is 1.19. The monoisotopic (exact) mass is 325 g/mol. The van der Waals surface area contributed by atoms with Crippen molar-refractivity contribution in [3.8, 4) is 0 Å². The predicted molar refractivity (Wildman–Crippen MR) is 76.0 cm³/mol. The van der Waals surface area contributed by atoms with Gasteiger partial charge < -0.3 is 10.4 Å². The molecule has 0 aliphatic rings. The molecule has 0 spiro atoms. The molecule has 0 atom stereocenters. The normalized spacial score (nSPS) is 10.5. The summed E-state index contributed by atoms with van der Waals surface area (Å²) in [4.78, 5) is 12.1. The first-order valence-electron chi connectivity index (χ1n) is 5.42.